The number of nitrogens with zero attached hydrogens (tertiary/aromatic N) is 2. The molecule has 0 N–H and O–H groups in total. The van der Waals surface area contributed by atoms with Crippen LogP contribution >= 0.6 is 0 Å². The van der Waals surface area contributed by atoms with E-state index in [1.165, 1.54) is 4.90 Å². The van der Waals surface area contributed by atoms with Gasteiger partial charge in [-0.15, -0.1) is 0 Å². The maximum atomic E-state index is 12.8. The Morgan fingerprint density at radius 3 is 2.19 bits per heavy atom. The number of fused-ring (bicyclic) bond motifs is 2. The molecule has 0 spiro atoms. The molecule has 0 radical (unpaired) electrons. The van der Waals surface area contributed by atoms with Gasteiger partial charge in [0.1, 0.15) is 0 Å². The first kappa shape index (κ1) is 16.5. The Kier molecular flexibility index (Phi) is 3.68. The van der Waals surface area contributed by atoms with Crippen molar-refractivity contribution in [2.45, 2.75) is 25.7 Å². The molecule has 2 aromatic carbocycles. The zero-order chi connectivity index (χ0) is 18.5. The zero-order valence-corrected chi connectivity index (χ0v) is 14.9. The molecule has 0 aromatic heterocycles. The van der Waals surface area contributed by atoms with Gasteiger partial charge in [-0.2, -0.15) is 0 Å². The van der Waals surface area contributed by atoms with Crippen molar-refractivity contribution >= 4 is 23.4 Å². The first-order valence-electron chi connectivity index (χ1n) is 8.75. The minimum absolute atomic E-state index is 0.0698. The van der Waals surface area contributed by atoms with Gasteiger partial charge in [-0.1, -0.05) is 44.2 Å². The van der Waals surface area contributed by atoms with E-state index in [4.69, 9.17) is 0 Å². The predicted molar refractivity (Wildman–Crippen MR) is 98.2 cm³/mol. The first-order valence-corrected chi connectivity index (χ1v) is 8.75. The van der Waals surface area contributed by atoms with Gasteiger partial charge in [0.2, 0.25) is 5.91 Å². The molecule has 0 unspecified atom stereocenters. The number of benzene rings is 2. The van der Waals surface area contributed by atoms with E-state index in [2.05, 4.69) is 13.8 Å². The Labute approximate surface area is 152 Å². The average Bonchev–Trinajstić information content (AvgIpc) is 3.05. The molecule has 2 aromatic rings. The number of hydrogen-bond acceptors (Lipinski definition) is 3. The highest BCUT2D eigenvalue weighted by molar-refractivity contribution is 6.21. The molecular weight excluding hydrogens is 328 g/mol. The summed E-state index contributed by atoms with van der Waals surface area (Å²) in [5.74, 6) is -0.708. The van der Waals surface area contributed by atoms with E-state index < -0.39 is 0 Å². The van der Waals surface area contributed by atoms with Gasteiger partial charge in [-0.05, 0) is 23.8 Å². The molecule has 0 atom stereocenters. The molecule has 2 aliphatic heterocycles. The molecular formula is C21H20N2O3. The molecule has 0 fully saturated rings. The number of hydrogen-bond donors (Lipinski definition) is 0. The summed E-state index contributed by atoms with van der Waals surface area (Å²) in [6.07, 6.45) is 0.121. The second-order valence-corrected chi connectivity index (χ2v) is 7.44. The molecule has 5 heteroatoms. The van der Waals surface area contributed by atoms with E-state index in [0.29, 0.717) is 17.7 Å². The van der Waals surface area contributed by atoms with Gasteiger partial charge in [0, 0.05) is 30.6 Å². The summed E-state index contributed by atoms with van der Waals surface area (Å²) in [7, 11) is 0. The monoisotopic (exact) mass is 348 g/mol. The Hall–Kier alpha value is -2.95. The van der Waals surface area contributed by atoms with Crippen molar-refractivity contribution in [1.29, 1.82) is 0 Å². The topological polar surface area (TPSA) is 57.7 Å². The number of carbonyl (C=O) groups excluding carboxylic acids is 3. The van der Waals surface area contributed by atoms with Crippen molar-refractivity contribution in [2.24, 2.45) is 0 Å². The fourth-order valence-electron chi connectivity index (χ4n) is 3.85. The summed E-state index contributed by atoms with van der Waals surface area (Å²) in [5.41, 5.74) is 2.79. The predicted octanol–water partition coefficient (Wildman–Crippen LogP) is 3.00. The van der Waals surface area contributed by atoms with Crippen molar-refractivity contribution in [2.75, 3.05) is 18.0 Å². The van der Waals surface area contributed by atoms with Crippen LogP contribution in [0.4, 0.5) is 5.69 Å². The highest BCUT2D eigenvalue weighted by atomic mass is 16.2. The largest absolute Gasteiger partial charge is 0.311 e. The lowest BCUT2D eigenvalue weighted by Gasteiger charge is -2.22. The molecule has 5 nitrogen and oxygen atoms in total. The number of para-hydroxylation sites is 1. The Balaban J connectivity index is 1.49. The summed E-state index contributed by atoms with van der Waals surface area (Å²) < 4.78 is 0. The summed E-state index contributed by atoms with van der Waals surface area (Å²) in [6, 6.07) is 14.7. The average molecular weight is 348 g/mol. The number of rotatable bonds is 3. The van der Waals surface area contributed by atoms with Crippen molar-refractivity contribution < 1.29 is 14.4 Å². The molecule has 132 valence electrons. The van der Waals surface area contributed by atoms with Crippen LogP contribution in [0.25, 0.3) is 0 Å². The van der Waals surface area contributed by atoms with Crippen LogP contribution in [0, 0.1) is 0 Å². The van der Waals surface area contributed by atoms with E-state index in [1.807, 2.05) is 24.3 Å². The van der Waals surface area contributed by atoms with Crippen LogP contribution in [-0.4, -0.2) is 35.7 Å². The Bertz CT molecular complexity index is 897. The Morgan fingerprint density at radius 2 is 1.54 bits per heavy atom. The number of carbonyl (C=O) groups is 3. The normalized spacial score (nSPS) is 17.5. The van der Waals surface area contributed by atoms with Gasteiger partial charge < -0.3 is 4.90 Å². The molecule has 0 saturated carbocycles. The van der Waals surface area contributed by atoms with Crippen molar-refractivity contribution in [1.82, 2.24) is 4.90 Å². The van der Waals surface area contributed by atoms with Crippen LogP contribution in [0.1, 0.15) is 46.5 Å². The minimum atomic E-state index is -0.319. The zero-order valence-electron chi connectivity index (χ0n) is 14.9. The van der Waals surface area contributed by atoms with Gasteiger partial charge in [-0.25, -0.2) is 0 Å². The van der Waals surface area contributed by atoms with E-state index >= 15 is 0 Å². The van der Waals surface area contributed by atoms with Crippen LogP contribution in [0.5, 0.6) is 0 Å². The number of amides is 3. The highest BCUT2D eigenvalue weighted by Crippen LogP contribution is 2.40. The third-order valence-electron chi connectivity index (χ3n) is 5.21. The van der Waals surface area contributed by atoms with E-state index in [1.54, 1.807) is 29.2 Å². The third-order valence-corrected chi connectivity index (χ3v) is 5.21. The maximum absolute atomic E-state index is 12.8. The van der Waals surface area contributed by atoms with Crippen molar-refractivity contribution in [3.05, 3.63) is 65.2 Å². The number of imide groups is 1. The third kappa shape index (κ3) is 2.43. The van der Waals surface area contributed by atoms with Gasteiger partial charge in [0.05, 0.1) is 11.1 Å². The maximum Gasteiger partial charge on any atom is 0.261 e. The summed E-state index contributed by atoms with van der Waals surface area (Å²) in [4.78, 5) is 40.6. The summed E-state index contributed by atoms with van der Waals surface area (Å²) >= 11 is 0. The lowest BCUT2D eigenvalue weighted by molar-refractivity contribution is -0.118. The lowest BCUT2D eigenvalue weighted by atomic mass is 9.87. The second-order valence-electron chi connectivity index (χ2n) is 7.44. The number of anilines is 1. The first-order chi connectivity index (χ1) is 12.4. The van der Waals surface area contributed by atoms with E-state index in [-0.39, 0.29) is 36.1 Å². The fourth-order valence-corrected chi connectivity index (χ4v) is 3.85. The van der Waals surface area contributed by atoms with E-state index in [9.17, 15) is 14.4 Å². The summed E-state index contributed by atoms with van der Waals surface area (Å²) in [6.45, 7) is 4.93. The van der Waals surface area contributed by atoms with Gasteiger partial charge >= 0.3 is 0 Å². The molecule has 2 aliphatic rings. The standard InChI is InChI=1S/C21H20N2O3/c1-21(2)13-23(17-10-6-5-9-16(17)21)18(24)11-12-22-19(25)14-7-3-4-8-15(14)20(22)26/h3-10H,11-13H2,1-2H3. The smallest absolute Gasteiger partial charge is 0.261 e. The van der Waals surface area contributed by atoms with Crippen molar-refractivity contribution in [3.8, 4) is 0 Å². The molecule has 0 bridgehead atoms. The van der Waals surface area contributed by atoms with Gasteiger partial charge in [0.25, 0.3) is 11.8 Å². The van der Waals surface area contributed by atoms with Crippen LogP contribution < -0.4 is 4.90 Å². The Morgan fingerprint density at radius 1 is 0.962 bits per heavy atom. The van der Waals surface area contributed by atoms with Crippen LogP contribution in [0.3, 0.4) is 0 Å². The fraction of sp³-hybridized carbons (Fsp3) is 0.286. The molecule has 0 aliphatic carbocycles. The molecule has 0 saturated heterocycles. The summed E-state index contributed by atoms with van der Waals surface area (Å²) in [5, 5.41) is 0. The lowest BCUT2D eigenvalue weighted by Crippen LogP contribution is -2.38. The van der Waals surface area contributed by atoms with Crippen LogP contribution in [-0.2, 0) is 10.2 Å². The van der Waals surface area contributed by atoms with Crippen LogP contribution in [0.15, 0.2) is 48.5 Å². The van der Waals surface area contributed by atoms with Gasteiger partial charge in [-0.3, -0.25) is 19.3 Å². The molecule has 4 rings (SSSR count). The quantitative estimate of drug-likeness (QED) is 0.801. The van der Waals surface area contributed by atoms with Crippen LogP contribution in [0.2, 0.25) is 0 Å². The minimum Gasteiger partial charge on any atom is -0.311 e. The molecule has 26 heavy (non-hydrogen) atoms. The van der Waals surface area contributed by atoms with E-state index in [0.717, 1.165) is 11.3 Å². The SMILES string of the molecule is CC1(C)CN(C(=O)CCN2C(=O)c3ccccc3C2=O)c2ccccc21. The second kappa shape index (κ2) is 5.80. The van der Waals surface area contributed by atoms with Gasteiger partial charge in [0.15, 0.2) is 0 Å². The molecule has 3 amide bonds. The molecule has 2 heterocycles. The van der Waals surface area contributed by atoms with Crippen molar-refractivity contribution in [3.63, 3.8) is 0 Å². The highest BCUT2D eigenvalue weighted by Gasteiger charge is 2.39.